The van der Waals surface area contributed by atoms with Gasteiger partial charge in [-0.3, -0.25) is 11.3 Å². The molecule has 1 aromatic rings. The highest BCUT2D eigenvalue weighted by molar-refractivity contribution is 5.29. The lowest BCUT2D eigenvalue weighted by Gasteiger charge is -2.34. The molecule has 0 heterocycles. The maximum absolute atomic E-state index is 5.63. The van der Waals surface area contributed by atoms with Crippen LogP contribution in [0.15, 0.2) is 24.3 Å². The van der Waals surface area contributed by atoms with E-state index in [-0.39, 0.29) is 0 Å². The van der Waals surface area contributed by atoms with E-state index in [1.807, 2.05) is 0 Å². The van der Waals surface area contributed by atoms with Crippen LogP contribution in [0.25, 0.3) is 0 Å². The second-order valence-corrected chi connectivity index (χ2v) is 4.19. The molecule has 2 heteroatoms. The molecule has 0 radical (unpaired) electrons. The summed E-state index contributed by atoms with van der Waals surface area (Å²) in [5, 5.41) is 0. The third-order valence-electron chi connectivity index (χ3n) is 3.32. The molecule has 1 unspecified atom stereocenters. The van der Waals surface area contributed by atoms with Crippen molar-refractivity contribution in [3.8, 4) is 0 Å². The molecule has 0 saturated heterocycles. The van der Waals surface area contributed by atoms with Gasteiger partial charge < -0.3 is 0 Å². The number of aryl methyl sites for hydroxylation is 1. The normalized spacial score (nSPS) is 19.0. The van der Waals surface area contributed by atoms with E-state index in [0.29, 0.717) is 6.04 Å². The van der Waals surface area contributed by atoms with Gasteiger partial charge in [-0.25, -0.2) is 0 Å². The Hall–Kier alpha value is -0.860. The molecule has 0 amide bonds. The third kappa shape index (κ3) is 1.68. The Kier molecular flexibility index (Phi) is 2.85. The van der Waals surface area contributed by atoms with E-state index in [2.05, 4.69) is 36.6 Å². The van der Waals surface area contributed by atoms with E-state index < -0.39 is 0 Å². The van der Waals surface area contributed by atoms with Gasteiger partial charge in [0.25, 0.3) is 0 Å². The van der Waals surface area contributed by atoms with Crippen molar-refractivity contribution in [1.82, 2.24) is 5.43 Å². The summed E-state index contributed by atoms with van der Waals surface area (Å²) in [6.07, 6.45) is 3.97. The van der Waals surface area contributed by atoms with Gasteiger partial charge in [0.05, 0.1) is 0 Å². The largest absolute Gasteiger partial charge is 0.271 e. The molecule has 1 aliphatic carbocycles. The topological polar surface area (TPSA) is 38.0 Å². The van der Waals surface area contributed by atoms with Crippen molar-refractivity contribution in [2.24, 2.45) is 11.8 Å². The van der Waals surface area contributed by atoms with Crippen molar-refractivity contribution in [2.75, 3.05) is 0 Å². The van der Waals surface area contributed by atoms with Crippen LogP contribution >= 0.6 is 0 Å². The molecule has 76 valence electrons. The molecule has 1 fully saturated rings. The fourth-order valence-corrected chi connectivity index (χ4v) is 2.19. The van der Waals surface area contributed by atoms with Crippen molar-refractivity contribution in [3.05, 3.63) is 35.4 Å². The minimum absolute atomic E-state index is 0.352. The van der Waals surface area contributed by atoms with Crippen LogP contribution in [0.2, 0.25) is 0 Å². The summed E-state index contributed by atoms with van der Waals surface area (Å²) in [4.78, 5) is 0. The Balaban J connectivity index is 2.22. The van der Waals surface area contributed by atoms with Crippen LogP contribution in [-0.4, -0.2) is 0 Å². The lowest BCUT2D eigenvalue weighted by Crippen LogP contribution is -2.36. The molecule has 0 aromatic heterocycles. The first-order chi connectivity index (χ1) is 6.83. The van der Waals surface area contributed by atoms with Crippen molar-refractivity contribution in [2.45, 2.75) is 32.2 Å². The smallest absolute Gasteiger partial charge is 0.0490 e. The highest BCUT2D eigenvalue weighted by atomic mass is 15.2. The monoisotopic (exact) mass is 190 g/mol. The highest BCUT2D eigenvalue weighted by Crippen LogP contribution is 2.37. The average molecular weight is 190 g/mol. The average Bonchev–Trinajstić information content (AvgIpc) is 2.12. The van der Waals surface area contributed by atoms with Crippen LogP contribution in [0.3, 0.4) is 0 Å². The maximum Gasteiger partial charge on any atom is 0.0490 e. The maximum atomic E-state index is 5.63. The van der Waals surface area contributed by atoms with Crippen LogP contribution < -0.4 is 11.3 Å². The number of nitrogens with one attached hydrogen (secondary N) is 1. The number of benzene rings is 1. The Morgan fingerprint density at radius 3 is 2.57 bits per heavy atom. The van der Waals surface area contributed by atoms with Crippen molar-refractivity contribution in [1.29, 1.82) is 0 Å². The SMILES string of the molecule is Cc1ccccc1C(NN)C1CCC1. The summed E-state index contributed by atoms with van der Waals surface area (Å²) < 4.78 is 0. The van der Waals surface area contributed by atoms with Crippen molar-refractivity contribution >= 4 is 0 Å². The lowest BCUT2D eigenvalue weighted by molar-refractivity contribution is 0.231. The number of nitrogens with two attached hydrogens (primary N) is 1. The molecule has 0 aliphatic heterocycles. The third-order valence-corrected chi connectivity index (χ3v) is 3.32. The van der Waals surface area contributed by atoms with Gasteiger partial charge in [-0.05, 0) is 36.8 Å². The van der Waals surface area contributed by atoms with Crippen LogP contribution in [0, 0.1) is 12.8 Å². The Bertz CT molecular complexity index is 305. The summed E-state index contributed by atoms with van der Waals surface area (Å²) in [7, 11) is 0. The number of hydrazine groups is 1. The molecule has 2 rings (SSSR count). The Morgan fingerprint density at radius 2 is 2.07 bits per heavy atom. The van der Waals surface area contributed by atoms with E-state index in [9.17, 15) is 0 Å². The quantitative estimate of drug-likeness (QED) is 0.567. The van der Waals surface area contributed by atoms with Gasteiger partial charge in [-0.15, -0.1) is 0 Å². The van der Waals surface area contributed by atoms with Crippen LogP contribution in [0.1, 0.15) is 36.4 Å². The Labute approximate surface area is 85.5 Å². The molecule has 1 aromatic carbocycles. The summed E-state index contributed by atoms with van der Waals surface area (Å²) in [5.41, 5.74) is 5.66. The molecule has 1 aliphatic rings. The summed E-state index contributed by atoms with van der Waals surface area (Å²) >= 11 is 0. The standard InChI is InChI=1S/C12H18N2/c1-9-5-2-3-8-11(9)12(14-13)10-6-4-7-10/h2-3,5,8,10,12,14H,4,6-7,13H2,1H3. The molecule has 1 atom stereocenters. The number of rotatable bonds is 3. The van der Waals surface area contributed by atoms with Gasteiger partial charge in [0, 0.05) is 6.04 Å². The molecule has 3 N–H and O–H groups in total. The second kappa shape index (κ2) is 4.11. The molecular weight excluding hydrogens is 172 g/mol. The zero-order chi connectivity index (χ0) is 9.97. The predicted octanol–water partition coefficient (Wildman–Crippen LogP) is 2.30. The van der Waals surface area contributed by atoms with E-state index in [1.165, 1.54) is 30.4 Å². The van der Waals surface area contributed by atoms with Gasteiger partial charge in [0.2, 0.25) is 0 Å². The second-order valence-electron chi connectivity index (χ2n) is 4.19. The van der Waals surface area contributed by atoms with Gasteiger partial charge in [0.1, 0.15) is 0 Å². The first kappa shape index (κ1) is 9.69. The Morgan fingerprint density at radius 1 is 1.36 bits per heavy atom. The number of hydrogen-bond acceptors (Lipinski definition) is 2. The molecular formula is C12H18N2. The van der Waals surface area contributed by atoms with E-state index in [4.69, 9.17) is 5.84 Å². The summed E-state index contributed by atoms with van der Waals surface area (Å²) in [6.45, 7) is 2.15. The number of hydrogen-bond donors (Lipinski definition) is 2. The van der Waals surface area contributed by atoms with Crippen molar-refractivity contribution < 1.29 is 0 Å². The van der Waals surface area contributed by atoms with E-state index >= 15 is 0 Å². The van der Waals surface area contributed by atoms with Gasteiger partial charge in [-0.2, -0.15) is 0 Å². The first-order valence-corrected chi connectivity index (χ1v) is 5.34. The first-order valence-electron chi connectivity index (χ1n) is 5.34. The molecule has 0 bridgehead atoms. The van der Waals surface area contributed by atoms with Gasteiger partial charge in [-0.1, -0.05) is 30.7 Å². The van der Waals surface area contributed by atoms with Crippen LogP contribution in [0.5, 0.6) is 0 Å². The molecule has 1 saturated carbocycles. The fourth-order valence-electron chi connectivity index (χ4n) is 2.19. The molecule has 14 heavy (non-hydrogen) atoms. The van der Waals surface area contributed by atoms with Crippen molar-refractivity contribution in [3.63, 3.8) is 0 Å². The van der Waals surface area contributed by atoms with Gasteiger partial charge in [0.15, 0.2) is 0 Å². The minimum Gasteiger partial charge on any atom is -0.271 e. The van der Waals surface area contributed by atoms with E-state index in [1.54, 1.807) is 0 Å². The van der Waals surface area contributed by atoms with Crippen LogP contribution in [0.4, 0.5) is 0 Å². The van der Waals surface area contributed by atoms with E-state index in [0.717, 1.165) is 5.92 Å². The highest BCUT2D eigenvalue weighted by Gasteiger charge is 2.28. The molecule has 0 spiro atoms. The summed E-state index contributed by atoms with van der Waals surface area (Å²) in [5.74, 6) is 6.37. The lowest BCUT2D eigenvalue weighted by atomic mass is 9.76. The summed E-state index contributed by atoms with van der Waals surface area (Å²) in [6, 6.07) is 8.85. The van der Waals surface area contributed by atoms with Gasteiger partial charge >= 0.3 is 0 Å². The zero-order valence-corrected chi connectivity index (χ0v) is 8.66. The van der Waals surface area contributed by atoms with Crippen LogP contribution in [-0.2, 0) is 0 Å². The molecule has 2 nitrogen and oxygen atoms in total. The minimum atomic E-state index is 0.352. The predicted molar refractivity (Wildman–Crippen MR) is 58.6 cm³/mol. The fraction of sp³-hybridized carbons (Fsp3) is 0.500. The zero-order valence-electron chi connectivity index (χ0n) is 8.66.